The van der Waals surface area contributed by atoms with E-state index < -0.39 is 0 Å². The van der Waals surface area contributed by atoms with Gasteiger partial charge in [0.2, 0.25) is 0 Å². The van der Waals surface area contributed by atoms with E-state index in [2.05, 4.69) is 16.4 Å². The summed E-state index contributed by atoms with van der Waals surface area (Å²) in [6.07, 6.45) is 0. The Morgan fingerprint density at radius 3 is 2.29 bits per heavy atom. The van der Waals surface area contributed by atoms with Crippen LogP contribution in [0.3, 0.4) is 0 Å². The highest BCUT2D eigenvalue weighted by atomic mass is 127. The van der Waals surface area contributed by atoms with Crippen LogP contribution < -0.4 is 20.5 Å². The van der Waals surface area contributed by atoms with Crippen molar-refractivity contribution in [3.63, 3.8) is 0 Å². The highest BCUT2D eigenvalue weighted by molar-refractivity contribution is 14.0. The van der Waals surface area contributed by atoms with Gasteiger partial charge in [-0.3, -0.25) is 0 Å². The molecule has 3 N–H and O–H groups in total. The number of guanidine groups is 1. The van der Waals surface area contributed by atoms with Crippen LogP contribution in [0, 0.1) is 13.8 Å². The number of benzene rings is 2. The Hall–Kier alpha value is -1.96. The molecule has 0 heterocycles. The van der Waals surface area contributed by atoms with Crippen molar-refractivity contribution in [1.29, 1.82) is 0 Å². The number of hydrogen-bond donors (Lipinski definition) is 2. The van der Waals surface area contributed by atoms with Gasteiger partial charge in [0.25, 0.3) is 0 Å². The summed E-state index contributed by atoms with van der Waals surface area (Å²) in [6, 6.07) is 11.8. The number of nitrogens with one attached hydrogen (secondary N) is 1. The molecule has 0 aliphatic heterocycles. The monoisotopic (exact) mass is 441 g/mol. The lowest BCUT2D eigenvalue weighted by Gasteiger charge is -2.10. The molecule has 2 aromatic rings. The number of nitrogens with two attached hydrogens (primary N) is 1. The molecule has 0 fully saturated rings. The van der Waals surface area contributed by atoms with E-state index in [9.17, 15) is 0 Å². The summed E-state index contributed by atoms with van der Waals surface area (Å²) in [4.78, 5) is 4.38. The lowest BCUT2D eigenvalue weighted by Crippen LogP contribution is -2.22. The van der Waals surface area contributed by atoms with Gasteiger partial charge in [0.1, 0.15) is 11.5 Å². The third-order valence-corrected chi connectivity index (χ3v) is 3.41. The maximum absolute atomic E-state index is 5.97. The van der Waals surface area contributed by atoms with Crippen LogP contribution in [0.4, 0.5) is 5.69 Å². The zero-order valence-electron chi connectivity index (χ0n) is 14.4. The Bertz CT molecular complexity index is 697. The maximum Gasteiger partial charge on any atom is 0.193 e. The van der Waals surface area contributed by atoms with Gasteiger partial charge in [-0.1, -0.05) is 6.07 Å². The lowest BCUT2D eigenvalue weighted by atomic mass is 10.1. The van der Waals surface area contributed by atoms with Crippen LogP contribution in [-0.4, -0.2) is 20.2 Å². The molecule has 0 aliphatic rings. The fourth-order valence-corrected chi connectivity index (χ4v) is 2.39. The fourth-order valence-electron chi connectivity index (χ4n) is 2.39. The lowest BCUT2D eigenvalue weighted by molar-refractivity contribution is 0.391. The van der Waals surface area contributed by atoms with Crippen LogP contribution in [0.2, 0.25) is 0 Å². The van der Waals surface area contributed by atoms with Crippen molar-refractivity contribution in [2.75, 3.05) is 19.5 Å². The van der Waals surface area contributed by atoms with Gasteiger partial charge in [-0.15, -0.1) is 24.0 Å². The summed E-state index contributed by atoms with van der Waals surface area (Å²) in [5.41, 5.74) is 10.2. The van der Waals surface area contributed by atoms with Crippen LogP contribution >= 0.6 is 24.0 Å². The topological polar surface area (TPSA) is 68.9 Å². The Kier molecular flexibility index (Phi) is 7.84. The van der Waals surface area contributed by atoms with Gasteiger partial charge >= 0.3 is 0 Å². The van der Waals surface area contributed by atoms with Crippen LogP contribution in [0.1, 0.15) is 16.7 Å². The van der Waals surface area contributed by atoms with Crippen molar-refractivity contribution < 1.29 is 9.47 Å². The summed E-state index contributed by atoms with van der Waals surface area (Å²) in [7, 11) is 3.25. The number of methoxy groups -OCH3 is 2. The number of rotatable bonds is 5. The molecule has 2 aromatic carbocycles. The van der Waals surface area contributed by atoms with E-state index in [0.29, 0.717) is 12.5 Å². The number of ether oxygens (including phenoxy) is 2. The van der Waals surface area contributed by atoms with E-state index in [1.165, 1.54) is 11.1 Å². The highest BCUT2D eigenvalue weighted by Crippen LogP contribution is 2.25. The van der Waals surface area contributed by atoms with Crippen molar-refractivity contribution in [3.05, 3.63) is 53.1 Å². The Morgan fingerprint density at radius 2 is 1.71 bits per heavy atom. The minimum Gasteiger partial charge on any atom is -0.497 e. The molecule has 5 nitrogen and oxygen atoms in total. The number of hydrogen-bond acceptors (Lipinski definition) is 3. The summed E-state index contributed by atoms with van der Waals surface area (Å²) < 4.78 is 10.5. The predicted molar refractivity (Wildman–Crippen MR) is 110 cm³/mol. The first kappa shape index (κ1) is 20.1. The number of aryl methyl sites for hydroxylation is 2. The quantitative estimate of drug-likeness (QED) is 0.420. The van der Waals surface area contributed by atoms with Crippen molar-refractivity contribution in [3.8, 4) is 11.5 Å². The first-order valence-electron chi connectivity index (χ1n) is 7.38. The van der Waals surface area contributed by atoms with Gasteiger partial charge < -0.3 is 20.5 Å². The van der Waals surface area contributed by atoms with E-state index >= 15 is 0 Å². The van der Waals surface area contributed by atoms with Crippen molar-refractivity contribution >= 4 is 35.6 Å². The molecule has 0 spiro atoms. The SMILES string of the molecule is COc1ccc(CN=C(N)Nc2cc(C)cc(C)c2)c(OC)c1.I. The Balaban J connectivity index is 0.00000288. The van der Waals surface area contributed by atoms with Crippen LogP contribution in [0.25, 0.3) is 0 Å². The van der Waals surface area contributed by atoms with Crippen molar-refractivity contribution in [2.24, 2.45) is 10.7 Å². The Morgan fingerprint density at radius 1 is 1.04 bits per heavy atom. The predicted octanol–water partition coefficient (Wildman–Crippen LogP) is 3.87. The maximum atomic E-state index is 5.97. The molecular weight excluding hydrogens is 417 g/mol. The summed E-state index contributed by atoms with van der Waals surface area (Å²) in [6.45, 7) is 4.53. The number of aliphatic imine (C=N–C) groups is 1. The standard InChI is InChI=1S/C18H23N3O2.HI/c1-12-7-13(2)9-15(8-12)21-18(19)20-11-14-5-6-16(22-3)10-17(14)23-4;/h5-10H,11H2,1-4H3,(H3,19,20,21);1H. The fraction of sp³-hybridized carbons (Fsp3) is 0.278. The van der Waals surface area contributed by atoms with Crippen LogP contribution in [0.15, 0.2) is 41.4 Å². The molecule has 6 heteroatoms. The zero-order valence-corrected chi connectivity index (χ0v) is 16.8. The van der Waals surface area contributed by atoms with E-state index in [0.717, 1.165) is 22.7 Å². The van der Waals surface area contributed by atoms with Gasteiger partial charge in [-0.25, -0.2) is 4.99 Å². The second-order valence-electron chi connectivity index (χ2n) is 5.38. The molecule has 2 rings (SSSR count). The molecule has 130 valence electrons. The number of anilines is 1. The summed E-state index contributed by atoms with van der Waals surface area (Å²) in [5, 5.41) is 3.12. The number of nitrogens with zero attached hydrogens (tertiary/aromatic N) is 1. The molecule has 0 aliphatic carbocycles. The van der Waals surface area contributed by atoms with E-state index in [1.54, 1.807) is 14.2 Å². The van der Waals surface area contributed by atoms with Gasteiger partial charge in [-0.2, -0.15) is 0 Å². The molecule has 0 amide bonds. The molecule has 0 radical (unpaired) electrons. The van der Waals surface area contributed by atoms with Gasteiger partial charge in [0.15, 0.2) is 5.96 Å². The molecule has 0 bridgehead atoms. The molecule has 0 saturated heterocycles. The first-order chi connectivity index (χ1) is 11.0. The molecule has 0 saturated carbocycles. The van der Waals surface area contributed by atoms with Crippen molar-refractivity contribution in [1.82, 2.24) is 0 Å². The molecule has 0 aromatic heterocycles. The van der Waals surface area contributed by atoms with Gasteiger partial charge in [0, 0.05) is 17.3 Å². The molecular formula is C18H24IN3O2. The van der Waals surface area contributed by atoms with E-state index in [1.807, 2.05) is 44.2 Å². The summed E-state index contributed by atoms with van der Waals surface area (Å²) in [5.74, 6) is 1.84. The first-order valence-corrected chi connectivity index (χ1v) is 7.38. The van der Waals surface area contributed by atoms with Crippen molar-refractivity contribution in [2.45, 2.75) is 20.4 Å². The number of halogens is 1. The minimum atomic E-state index is 0. The second-order valence-corrected chi connectivity index (χ2v) is 5.38. The largest absolute Gasteiger partial charge is 0.497 e. The minimum absolute atomic E-state index is 0. The third-order valence-electron chi connectivity index (χ3n) is 3.41. The van der Waals surface area contributed by atoms with E-state index in [-0.39, 0.29) is 24.0 Å². The summed E-state index contributed by atoms with van der Waals surface area (Å²) >= 11 is 0. The normalized spacial score (nSPS) is 10.8. The second kappa shape index (κ2) is 9.36. The van der Waals surface area contributed by atoms with Gasteiger partial charge in [-0.05, 0) is 49.2 Å². The Labute approximate surface area is 160 Å². The highest BCUT2D eigenvalue weighted by Gasteiger charge is 2.05. The van der Waals surface area contributed by atoms with Crippen LogP contribution in [-0.2, 0) is 6.54 Å². The van der Waals surface area contributed by atoms with Gasteiger partial charge in [0.05, 0.1) is 20.8 Å². The average molecular weight is 441 g/mol. The third kappa shape index (κ3) is 5.59. The molecule has 0 unspecified atom stereocenters. The average Bonchev–Trinajstić information content (AvgIpc) is 2.51. The van der Waals surface area contributed by atoms with E-state index in [4.69, 9.17) is 15.2 Å². The zero-order chi connectivity index (χ0) is 16.8. The van der Waals surface area contributed by atoms with Crippen LogP contribution in [0.5, 0.6) is 11.5 Å². The molecule has 24 heavy (non-hydrogen) atoms. The molecule has 0 atom stereocenters. The smallest absolute Gasteiger partial charge is 0.193 e.